The molecule has 0 saturated heterocycles. The smallest absolute Gasteiger partial charge is 0.190 e. The lowest BCUT2D eigenvalue weighted by molar-refractivity contribution is -0.0172. The monoisotopic (exact) mass is 401 g/mol. The second-order valence-electron chi connectivity index (χ2n) is 6.89. The molecule has 1 heterocycles. The zero-order valence-corrected chi connectivity index (χ0v) is 17.2. The maximum Gasteiger partial charge on any atom is 0.190 e. The molecule has 6 nitrogen and oxygen atoms in total. The van der Waals surface area contributed by atoms with Crippen LogP contribution in [0.25, 0.3) is 0 Å². The Hall–Kier alpha value is -2.80. The van der Waals surface area contributed by atoms with E-state index in [0.29, 0.717) is 25.5 Å². The predicted octanol–water partition coefficient (Wildman–Crippen LogP) is 2.96. The van der Waals surface area contributed by atoms with E-state index in [2.05, 4.69) is 33.8 Å². The Labute approximate surface area is 171 Å². The quantitative estimate of drug-likeness (QED) is 0.552. The molecule has 156 valence electrons. The molecule has 1 aliphatic heterocycles. The molecular formula is C22H28FN3O3. The minimum absolute atomic E-state index is 0.200. The van der Waals surface area contributed by atoms with Gasteiger partial charge in [-0.15, -0.1) is 0 Å². The number of benzene rings is 2. The molecule has 0 bridgehead atoms. The number of hydrogen-bond acceptors (Lipinski definition) is 4. The molecule has 1 aliphatic rings. The molecule has 0 fully saturated rings. The summed E-state index contributed by atoms with van der Waals surface area (Å²) in [5, 5.41) is 6.57. The second kappa shape index (κ2) is 10.1. The lowest BCUT2D eigenvalue weighted by Crippen LogP contribution is -2.39. The zero-order chi connectivity index (χ0) is 20.6. The number of aliphatic imine (C=N–C) groups is 1. The summed E-state index contributed by atoms with van der Waals surface area (Å²) in [6.45, 7) is 3.95. The molecule has 2 aromatic rings. The molecule has 0 saturated carbocycles. The van der Waals surface area contributed by atoms with Gasteiger partial charge in [0.25, 0.3) is 0 Å². The van der Waals surface area contributed by atoms with E-state index in [4.69, 9.17) is 14.2 Å². The molecule has 0 aliphatic carbocycles. The second-order valence-corrected chi connectivity index (χ2v) is 6.89. The highest BCUT2D eigenvalue weighted by atomic mass is 19.1. The number of rotatable bonds is 7. The summed E-state index contributed by atoms with van der Waals surface area (Å²) in [6.07, 6.45) is 1.47. The third-order valence-electron chi connectivity index (χ3n) is 4.84. The van der Waals surface area contributed by atoms with Crippen LogP contribution in [0.4, 0.5) is 4.39 Å². The summed E-state index contributed by atoms with van der Waals surface area (Å²) in [7, 11) is 3.42. The van der Waals surface area contributed by atoms with E-state index in [1.807, 2.05) is 6.92 Å². The molecule has 2 aromatic carbocycles. The van der Waals surface area contributed by atoms with Crippen LogP contribution in [-0.2, 0) is 24.2 Å². The highest BCUT2D eigenvalue weighted by Crippen LogP contribution is 2.29. The third kappa shape index (κ3) is 5.60. The number of nitrogens with one attached hydrogen (secondary N) is 2. The van der Waals surface area contributed by atoms with Crippen molar-refractivity contribution < 1.29 is 18.6 Å². The van der Waals surface area contributed by atoms with Crippen molar-refractivity contribution in [2.24, 2.45) is 4.99 Å². The maximum atomic E-state index is 13.8. The fourth-order valence-corrected chi connectivity index (χ4v) is 3.32. The lowest BCUT2D eigenvalue weighted by Gasteiger charge is -2.21. The fourth-order valence-electron chi connectivity index (χ4n) is 3.32. The summed E-state index contributed by atoms with van der Waals surface area (Å²) in [5.41, 5.74) is 3.90. The molecule has 2 N–H and O–H groups in total. The van der Waals surface area contributed by atoms with Gasteiger partial charge in [-0.05, 0) is 54.7 Å². The van der Waals surface area contributed by atoms with Gasteiger partial charge in [0.05, 0.1) is 13.7 Å². The van der Waals surface area contributed by atoms with Crippen molar-refractivity contribution in [3.63, 3.8) is 0 Å². The van der Waals surface area contributed by atoms with Gasteiger partial charge >= 0.3 is 0 Å². The van der Waals surface area contributed by atoms with Gasteiger partial charge in [-0.1, -0.05) is 12.1 Å². The van der Waals surface area contributed by atoms with E-state index in [1.54, 1.807) is 14.2 Å². The van der Waals surface area contributed by atoms with Gasteiger partial charge in [-0.25, -0.2) is 4.39 Å². The van der Waals surface area contributed by atoms with E-state index in [1.165, 1.54) is 17.7 Å². The molecule has 3 rings (SSSR count). The lowest BCUT2D eigenvalue weighted by atomic mass is 10.1. The molecule has 0 spiro atoms. The Morgan fingerprint density at radius 1 is 1.17 bits per heavy atom. The first kappa shape index (κ1) is 20.9. The Kier molecular flexibility index (Phi) is 7.30. The number of aryl methyl sites for hydroxylation is 1. The van der Waals surface area contributed by atoms with Crippen molar-refractivity contribution in [2.45, 2.75) is 26.4 Å². The van der Waals surface area contributed by atoms with E-state index in [0.717, 1.165) is 41.2 Å². The van der Waals surface area contributed by atoms with Crippen LogP contribution >= 0.6 is 0 Å². The number of nitrogens with zero attached hydrogens (tertiary/aromatic N) is 1. The number of hydrogen-bond donors (Lipinski definition) is 2. The Morgan fingerprint density at radius 2 is 1.97 bits per heavy atom. The average Bonchev–Trinajstić information content (AvgIpc) is 2.73. The Bertz CT molecular complexity index is 871. The van der Waals surface area contributed by atoms with E-state index < -0.39 is 0 Å². The van der Waals surface area contributed by atoms with Gasteiger partial charge in [0.2, 0.25) is 0 Å². The predicted molar refractivity (Wildman–Crippen MR) is 111 cm³/mol. The molecule has 0 amide bonds. The number of halogens is 1. The molecule has 0 atom stereocenters. The van der Waals surface area contributed by atoms with Gasteiger partial charge < -0.3 is 24.8 Å². The summed E-state index contributed by atoms with van der Waals surface area (Å²) < 4.78 is 30.0. The topological polar surface area (TPSA) is 64.1 Å². The first-order valence-corrected chi connectivity index (χ1v) is 9.70. The molecular weight excluding hydrogens is 373 g/mol. The third-order valence-corrected chi connectivity index (χ3v) is 4.84. The molecule has 0 aromatic heterocycles. The van der Waals surface area contributed by atoms with Crippen LogP contribution in [0.15, 0.2) is 35.3 Å². The van der Waals surface area contributed by atoms with Crippen molar-refractivity contribution in [1.82, 2.24) is 10.6 Å². The van der Waals surface area contributed by atoms with Crippen molar-refractivity contribution in [3.8, 4) is 11.5 Å². The highest BCUT2D eigenvalue weighted by molar-refractivity contribution is 5.79. The fraction of sp³-hybridized carbons (Fsp3) is 0.409. The minimum atomic E-state index is -0.274. The summed E-state index contributed by atoms with van der Waals surface area (Å²) in [5.74, 6) is 2.06. The minimum Gasteiger partial charge on any atom is -0.496 e. The number of fused-ring (bicyclic) bond motifs is 1. The first-order chi connectivity index (χ1) is 14.1. The van der Waals surface area contributed by atoms with Crippen molar-refractivity contribution >= 4 is 5.96 Å². The van der Waals surface area contributed by atoms with E-state index in [-0.39, 0.29) is 12.6 Å². The van der Waals surface area contributed by atoms with Gasteiger partial charge in [0.15, 0.2) is 12.8 Å². The van der Waals surface area contributed by atoms with Gasteiger partial charge in [0.1, 0.15) is 17.3 Å². The number of guanidine groups is 1. The first-order valence-electron chi connectivity index (χ1n) is 9.70. The standard InChI is InChI=1S/C22H28FN3O3/c1-15-4-5-16(10-20(15)27-3)6-8-25-22(24-2)26-9-7-17-11-19(23)12-18-13-28-14-29-21(17)18/h4-5,10-12H,6-9,13-14H2,1-3H3,(H2,24,25,26). The molecule has 0 radical (unpaired) electrons. The highest BCUT2D eigenvalue weighted by Gasteiger charge is 2.16. The largest absolute Gasteiger partial charge is 0.496 e. The van der Waals surface area contributed by atoms with Crippen LogP contribution in [0.2, 0.25) is 0 Å². The summed E-state index contributed by atoms with van der Waals surface area (Å²) in [6, 6.07) is 9.21. The van der Waals surface area contributed by atoms with E-state index >= 15 is 0 Å². The van der Waals surface area contributed by atoms with Crippen LogP contribution < -0.4 is 20.1 Å². The number of methoxy groups -OCH3 is 1. The van der Waals surface area contributed by atoms with Crippen LogP contribution in [0, 0.1) is 12.7 Å². The van der Waals surface area contributed by atoms with Gasteiger partial charge in [0, 0.05) is 25.7 Å². The SMILES string of the molecule is CN=C(NCCc1ccc(C)c(OC)c1)NCCc1cc(F)cc2c1OCOC2. The Morgan fingerprint density at radius 3 is 2.72 bits per heavy atom. The molecule has 7 heteroatoms. The maximum absolute atomic E-state index is 13.8. The van der Waals surface area contributed by atoms with Crippen molar-refractivity contribution in [2.75, 3.05) is 34.0 Å². The van der Waals surface area contributed by atoms with Crippen LogP contribution in [0.1, 0.15) is 22.3 Å². The average molecular weight is 401 g/mol. The number of ether oxygens (including phenoxy) is 3. The van der Waals surface area contributed by atoms with Crippen LogP contribution in [-0.4, -0.2) is 40.0 Å². The van der Waals surface area contributed by atoms with Crippen LogP contribution in [0.3, 0.4) is 0 Å². The van der Waals surface area contributed by atoms with Crippen molar-refractivity contribution in [3.05, 3.63) is 58.4 Å². The normalized spacial score (nSPS) is 13.4. The van der Waals surface area contributed by atoms with Crippen LogP contribution in [0.5, 0.6) is 11.5 Å². The van der Waals surface area contributed by atoms with E-state index in [9.17, 15) is 4.39 Å². The zero-order valence-electron chi connectivity index (χ0n) is 17.2. The Balaban J connectivity index is 1.48. The van der Waals surface area contributed by atoms with Gasteiger partial charge in [-0.2, -0.15) is 0 Å². The van der Waals surface area contributed by atoms with Gasteiger partial charge in [-0.3, -0.25) is 4.99 Å². The molecule has 29 heavy (non-hydrogen) atoms. The summed E-state index contributed by atoms with van der Waals surface area (Å²) >= 11 is 0. The summed E-state index contributed by atoms with van der Waals surface area (Å²) in [4.78, 5) is 4.25. The van der Waals surface area contributed by atoms with Crippen molar-refractivity contribution in [1.29, 1.82) is 0 Å². The molecule has 0 unspecified atom stereocenters.